The van der Waals surface area contributed by atoms with E-state index in [4.69, 9.17) is 0 Å². The number of amides is 4. The Bertz CT molecular complexity index is 981. The van der Waals surface area contributed by atoms with Gasteiger partial charge in [-0.25, -0.2) is 13.2 Å². The average molecular weight is 449 g/mol. The van der Waals surface area contributed by atoms with Crippen molar-refractivity contribution in [3.8, 4) is 0 Å². The minimum atomic E-state index is -3.58. The van der Waals surface area contributed by atoms with Crippen molar-refractivity contribution in [2.24, 2.45) is 0 Å². The molecular weight excluding hydrogens is 420 g/mol. The standard InChI is InChI=1S/C21H28N4O5S/c26-18(9-14-25-19(27)21(23-20(25)28)10-2-1-3-11-21)22-16-7-6-8-17(15-16)31(29,30)24-12-4-5-13-24/h6-8,15H,1-5,9-14H2,(H,22,26)(H,23,28). The second-order valence-corrected chi connectivity index (χ2v) is 10.4. The zero-order valence-corrected chi connectivity index (χ0v) is 18.2. The van der Waals surface area contributed by atoms with E-state index >= 15 is 0 Å². The fourth-order valence-electron chi connectivity index (χ4n) is 4.62. The smallest absolute Gasteiger partial charge is 0.325 e. The molecule has 31 heavy (non-hydrogen) atoms. The van der Waals surface area contributed by atoms with Gasteiger partial charge in [0.15, 0.2) is 0 Å². The van der Waals surface area contributed by atoms with Crippen LogP contribution in [0, 0.1) is 0 Å². The van der Waals surface area contributed by atoms with Crippen LogP contribution in [0.2, 0.25) is 0 Å². The zero-order chi connectivity index (χ0) is 22.1. The first-order chi connectivity index (χ1) is 14.8. The number of imide groups is 1. The van der Waals surface area contributed by atoms with Crippen molar-refractivity contribution in [3.63, 3.8) is 0 Å². The molecule has 0 unspecified atom stereocenters. The molecule has 2 saturated heterocycles. The predicted molar refractivity (Wildman–Crippen MR) is 114 cm³/mol. The normalized spacial score (nSPS) is 21.5. The third-order valence-electron chi connectivity index (χ3n) is 6.34. The number of anilines is 1. The number of benzene rings is 1. The Hall–Kier alpha value is -2.46. The van der Waals surface area contributed by atoms with Crippen molar-refractivity contribution in [2.45, 2.75) is 61.8 Å². The molecule has 1 spiro atoms. The van der Waals surface area contributed by atoms with E-state index in [1.54, 1.807) is 12.1 Å². The van der Waals surface area contributed by atoms with Gasteiger partial charge in [-0.2, -0.15) is 4.31 Å². The first-order valence-electron chi connectivity index (χ1n) is 10.9. The largest absolute Gasteiger partial charge is 0.326 e. The summed E-state index contributed by atoms with van der Waals surface area (Å²) < 4.78 is 26.9. The highest BCUT2D eigenvalue weighted by atomic mass is 32.2. The van der Waals surface area contributed by atoms with Crippen molar-refractivity contribution < 1.29 is 22.8 Å². The van der Waals surface area contributed by atoms with Crippen molar-refractivity contribution in [1.82, 2.24) is 14.5 Å². The monoisotopic (exact) mass is 448 g/mol. The summed E-state index contributed by atoms with van der Waals surface area (Å²) in [6, 6.07) is 5.71. The highest BCUT2D eigenvalue weighted by molar-refractivity contribution is 7.89. The topological polar surface area (TPSA) is 116 Å². The average Bonchev–Trinajstić information content (AvgIpc) is 3.36. The maximum atomic E-state index is 12.8. The molecule has 0 aromatic heterocycles. The minimum absolute atomic E-state index is 0.00990. The number of nitrogens with one attached hydrogen (secondary N) is 2. The van der Waals surface area contributed by atoms with E-state index in [1.807, 2.05) is 0 Å². The molecular formula is C21H28N4O5S. The molecule has 1 aliphatic carbocycles. The maximum absolute atomic E-state index is 12.8. The number of hydrogen-bond acceptors (Lipinski definition) is 5. The Labute approximate surface area is 182 Å². The van der Waals surface area contributed by atoms with E-state index in [-0.39, 0.29) is 29.7 Å². The fourth-order valence-corrected chi connectivity index (χ4v) is 6.19. The summed E-state index contributed by atoms with van der Waals surface area (Å²) in [5, 5.41) is 5.51. The molecule has 2 aliphatic heterocycles. The van der Waals surface area contributed by atoms with Gasteiger partial charge in [0.25, 0.3) is 5.91 Å². The van der Waals surface area contributed by atoms with Gasteiger partial charge in [-0.15, -0.1) is 0 Å². The number of nitrogens with zero attached hydrogens (tertiary/aromatic N) is 2. The number of hydrogen-bond donors (Lipinski definition) is 2. The van der Waals surface area contributed by atoms with Crippen molar-refractivity contribution in [2.75, 3.05) is 25.0 Å². The molecule has 2 N–H and O–H groups in total. The summed E-state index contributed by atoms with van der Waals surface area (Å²) in [6.45, 7) is 1.00. The van der Waals surface area contributed by atoms with Gasteiger partial charge in [0.05, 0.1) is 4.90 Å². The van der Waals surface area contributed by atoms with Gasteiger partial charge in [-0.3, -0.25) is 14.5 Å². The van der Waals surface area contributed by atoms with Crippen LogP contribution < -0.4 is 10.6 Å². The van der Waals surface area contributed by atoms with Gasteiger partial charge in [0.1, 0.15) is 5.54 Å². The van der Waals surface area contributed by atoms with Crippen LogP contribution in [0.3, 0.4) is 0 Å². The Morgan fingerprint density at radius 1 is 1.06 bits per heavy atom. The quantitative estimate of drug-likeness (QED) is 0.646. The van der Waals surface area contributed by atoms with Crippen LogP contribution in [0.25, 0.3) is 0 Å². The Morgan fingerprint density at radius 3 is 2.48 bits per heavy atom. The molecule has 1 saturated carbocycles. The molecule has 0 radical (unpaired) electrons. The van der Waals surface area contributed by atoms with Crippen LogP contribution in [-0.2, 0) is 19.6 Å². The van der Waals surface area contributed by atoms with Crippen LogP contribution in [0.1, 0.15) is 51.4 Å². The lowest BCUT2D eigenvalue weighted by Crippen LogP contribution is -2.48. The summed E-state index contributed by atoms with van der Waals surface area (Å²) in [5.41, 5.74) is -0.435. The Morgan fingerprint density at radius 2 is 1.77 bits per heavy atom. The number of carbonyl (C=O) groups is 3. The lowest BCUT2D eigenvalue weighted by atomic mass is 9.82. The molecule has 9 nitrogen and oxygen atoms in total. The van der Waals surface area contributed by atoms with Crippen LogP contribution in [-0.4, -0.2) is 60.6 Å². The second-order valence-electron chi connectivity index (χ2n) is 8.47. The third-order valence-corrected chi connectivity index (χ3v) is 8.23. The Balaban J connectivity index is 1.36. The van der Waals surface area contributed by atoms with Crippen LogP contribution in [0.4, 0.5) is 10.5 Å². The molecule has 0 bridgehead atoms. The lowest BCUT2D eigenvalue weighted by molar-refractivity contribution is -0.132. The highest BCUT2D eigenvalue weighted by Gasteiger charge is 2.51. The van der Waals surface area contributed by atoms with Crippen molar-refractivity contribution in [1.29, 1.82) is 0 Å². The lowest BCUT2D eigenvalue weighted by Gasteiger charge is -2.30. The number of urea groups is 1. The van der Waals surface area contributed by atoms with Gasteiger partial charge >= 0.3 is 6.03 Å². The summed E-state index contributed by atoms with van der Waals surface area (Å²) in [7, 11) is -3.58. The molecule has 3 fully saturated rings. The summed E-state index contributed by atoms with van der Waals surface area (Å²) in [4.78, 5) is 38.8. The van der Waals surface area contributed by atoms with Crippen molar-refractivity contribution in [3.05, 3.63) is 24.3 Å². The number of rotatable bonds is 6. The SMILES string of the molecule is O=C(CCN1C(=O)NC2(CCCCC2)C1=O)Nc1cccc(S(=O)(=O)N2CCCC2)c1. The van der Waals surface area contributed by atoms with E-state index in [0.717, 1.165) is 37.0 Å². The predicted octanol–water partition coefficient (Wildman–Crippen LogP) is 2.05. The molecule has 1 aromatic rings. The number of carbonyl (C=O) groups excluding carboxylic acids is 3. The van der Waals surface area contributed by atoms with E-state index < -0.39 is 21.6 Å². The van der Waals surface area contributed by atoms with Gasteiger partial charge in [0, 0.05) is 31.7 Å². The minimum Gasteiger partial charge on any atom is -0.326 e. The molecule has 10 heteroatoms. The molecule has 4 rings (SSSR count). The van der Waals surface area contributed by atoms with Gasteiger partial charge in [0.2, 0.25) is 15.9 Å². The first kappa shape index (κ1) is 21.8. The molecule has 1 aromatic carbocycles. The van der Waals surface area contributed by atoms with Crippen molar-refractivity contribution >= 4 is 33.6 Å². The van der Waals surface area contributed by atoms with Crippen LogP contribution in [0.15, 0.2) is 29.2 Å². The fraction of sp³-hybridized carbons (Fsp3) is 0.571. The van der Waals surface area contributed by atoms with Crippen LogP contribution >= 0.6 is 0 Å². The summed E-state index contributed by atoms with van der Waals surface area (Å²) >= 11 is 0. The van der Waals surface area contributed by atoms with E-state index in [0.29, 0.717) is 31.6 Å². The molecule has 3 aliphatic rings. The van der Waals surface area contributed by atoms with E-state index in [1.165, 1.54) is 16.4 Å². The second kappa shape index (κ2) is 8.58. The van der Waals surface area contributed by atoms with Gasteiger partial charge < -0.3 is 10.6 Å². The van der Waals surface area contributed by atoms with Gasteiger partial charge in [-0.05, 0) is 43.9 Å². The van der Waals surface area contributed by atoms with Crippen LogP contribution in [0.5, 0.6) is 0 Å². The third kappa shape index (κ3) is 4.31. The molecule has 0 atom stereocenters. The summed E-state index contributed by atoms with van der Waals surface area (Å²) in [6.07, 6.45) is 5.77. The van der Waals surface area contributed by atoms with Gasteiger partial charge in [-0.1, -0.05) is 25.3 Å². The first-order valence-corrected chi connectivity index (χ1v) is 12.3. The summed E-state index contributed by atoms with van der Waals surface area (Å²) in [5.74, 6) is -0.635. The van der Waals surface area contributed by atoms with E-state index in [2.05, 4.69) is 10.6 Å². The molecule has 2 heterocycles. The molecule has 4 amide bonds. The zero-order valence-electron chi connectivity index (χ0n) is 17.4. The van der Waals surface area contributed by atoms with E-state index in [9.17, 15) is 22.8 Å². The molecule has 168 valence electrons. The maximum Gasteiger partial charge on any atom is 0.325 e. The Kier molecular flexibility index (Phi) is 6.02. The highest BCUT2D eigenvalue weighted by Crippen LogP contribution is 2.33. The number of sulfonamides is 1.